The van der Waals surface area contributed by atoms with Gasteiger partial charge in [-0.3, -0.25) is 4.79 Å². The van der Waals surface area contributed by atoms with Crippen molar-refractivity contribution in [1.29, 1.82) is 0 Å². The van der Waals surface area contributed by atoms with Crippen molar-refractivity contribution in [2.24, 2.45) is 0 Å². The van der Waals surface area contributed by atoms with Crippen LogP contribution in [0.4, 0.5) is 0 Å². The van der Waals surface area contributed by atoms with Gasteiger partial charge in [0.25, 0.3) is 0 Å². The fraction of sp³-hybridized carbons (Fsp3) is 0.875. The second kappa shape index (κ2) is 3.87. The molecule has 1 rings (SSSR count). The highest BCUT2D eigenvalue weighted by atomic mass is 16.5. The van der Waals surface area contributed by atoms with Crippen LogP contribution in [0.1, 0.15) is 6.42 Å². The Bertz CT molecular complexity index is 164. The van der Waals surface area contributed by atoms with E-state index in [1.165, 1.54) is 7.11 Å². The molecule has 0 aromatic carbocycles. The molecule has 0 bridgehead atoms. The van der Waals surface area contributed by atoms with Gasteiger partial charge in [-0.15, -0.1) is 0 Å². The van der Waals surface area contributed by atoms with Crippen molar-refractivity contribution < 1.29 is 18.8 Å². The number of carbonyl (C=O) groups excluding carboxylic acids is 1. The first-order valence-electron chi connectivity index (χ1n) is 4.14. The van der Waals surface area contributed by atoms with E-state index in [0.29, 0.717) is 6.42 Å². The maximum atomic E-state index is 10.8. The summed E-state index contributed by atoms with van der Waals surface area (Å²) in [5.74, 6) is -0.138. The summed E-state index contributed by atoms with van der Waals surface area (Å²) in [7, 11) is 3.51. The van der Waals surface area contributed by atoms with Gasteiger partial charge in [0.15, 0.2) is 6.73 Å². The van der Waals surface area contributed by atoms with Gasteiger partial charge in [0, 0.05) is 0 Å². The van der Waals surface area contributed by atoms with Crippen LogP contribution >= 0.6 is 0 Å². The van der Waals surface area contributed by atoms with Crippen molar-refractivity contribution in [3.8, 4) is 0 Å². The number of rotatable bonds is 3. The molecule has 1 saturated heterocycles. The molecule has 1 fully saturated rings. The Morgan fingerprint density at radius 3 is 2.92 bits per heavy atom. The van der Waals surface area contributed by atoms with Crippen molar-refractivity contribution in [3.05, 3.63) is 0 Å². The molecule has 0 spiro atoms. The minimum atomic E-state index is -0.138. The fourth-order valence-electron chi connectivity index (χ4n) is 1.27. The predicted molar refractivity (Wildman–Crippen MR) is 43.4 cm³/mol. The van der Waals surface area contributed by atoms with E-state index in [1.807, 2.05) is 0 Å². The molecule has 0 aromatic rings. The fourth-order valence-corrected chi connectivity index (χ4v) is 1.27. The average molecular weight is 174 g/mol. The van der Waals surface area contributed by atoms with Crippen molar-refractivity contribution in [2.45, 2.75) is 6.42 Å². The lowest BCUT2D eigenvalue weighted by molar-refractivity contribution is -0.906. The van der Waals surface area contributed by atoms with Gasteiger partial charge in [0.2, 0.25) is 0 Å². The standard InChI is InChI=1S/C8H16NO3/c1-9(5-6-12-7-9)4-3-8(10)11-2/h3-7H2,1-2H3/q+1. The third-order valence-corrected chi connectivity index (χ3v) is 2.26. The average Bonchev–Trinajstić information content (AvgIpc) is 2.49. The Hall–Kier alpha value is -0.610. The molecule has 1 atom stereocenters. The first kappa shape index (κ1) is 9.48. The van der Waals surface area contributed by atoms with Crippen LogP contribution in [0.2, 0.25) is 0 Å². The molecule has 1 unspecified atom stereocenters. The van der Waals surface area contributed by atoms with E-state index in [-0.39, 0.29) is 5.97 Å². The molecule has 0 N–H and O–H groups in total. The molecule has 0 aromatic heterocycles. The maximum absolute atomic E-state index is 10.8. The van der Waals surface area contributed by atoms with Crippen LogP contribution in [0.25, 0.3) is 0 Å². The lowest BCUT2D eigenvalue weighted by atomic mass is 10.3. The molecule has 1 heterocycles. The van der Waals surface area contributed by atoms with Crippen LogP contribution in [0.3, 0.4) is 0 Å². The van der Waals surface area contributed by atoms with Gasteiger partial charge >= 0.3 is 5.97 Å². The van der Waals surface area contributed by atoms with Crippen LogP contribution < -0.4 is 0 Å². The second-order valence-corrected chi connectivity index (χ2v) is 3.43. The van der Waals surface area contributed by atoms with Crippen molar-refractivity contribution >= 4 is 5.97 Å². The number of hydrogen-bond acceptors (Lipinski definition) is 3. The zero-order valence-corrected chi connectivity index (χ0v) is 7.71. The van der Waals surface area contributed by atoms with E-state index < -0.39 is 0 Å². The van der Waals surface area contributed by atoms with Crippen molar-refractivity contribution in [2.75, 3.05) is 40.6 Å². The van der Waals surface area contributed by atoms with Crippen LogP contribution in [0.5, 0.6) is 0 Å². The monoisotopic (exact) mass is 174 g/mol. The van der Waals surface area contributed by atoms with E-state index in [2.05, 4.69) is 11.8 Å². The lowest BCUT2D eigenvalue weighted by Crippen LogP contribution is -2.42. The Labute approximate surface area is 72.6 Å². The third-order valence-electron chi connectivity index (χ3n) is 2.26. The van der Waals surface area contributed by atoms with Crippen LogP contribution in [-0.4, -0.2) is 51.0 Å². The molecule has 1 aliphatic rings. The Morgan fingerprint density at radius 1 is 1.67 bits per heavy atom. The second-order valence-electron chi connectivity index (χ2n) is 3.43. The summed E-state index contributed by atoms with van der Waals surface area (Å²) in [6.07, 6.45) is 0.482. The SMILES string of the molecule is COC(=O)CC[N+]1(C)CCOC1. The smallest absolute Gasteiger partial charge is 0.311 e. The number of carbonyl (C=O) groups is 1. The molecule has 4 nitrogen and oxygen atoms in total. The number of methoxy groups -OCH3 is 1. The van der Waals surface area contributed by atoms with E-state index in [9.17, 15) is 4.79 Å². The topological polar surface area (TPSA) is 35.5 Å². The molecular weight excluding hydrogens is 158 g/mol. The van der Waals surface area contributed by atoms with Gasteiger partial charge in [0.05, 0.1) is 27.1 Å². The van der Waals surface area contributed by atoms with Crippen molar-refractivity contribution in [1.82, 2.24) is 0 Å². The predicted octanol–water partition coefficient (Wildman–Crippen LogP) is -0.0162. The molecule has 1 aliphatic heterocycles. The molecule has 12 heavy (non-hydrogen) atoms. The number of nitrogens with zero attached hydrogens (tertiary/aromatic N) is 1. The van der Waals surface area contributed by atoms with E-state index in [0.717, 1.165) is 30.9 Å². The Morgan fingerprint density at radius 2 is 2.42 bits per heavy atom. The summed E-state index contributed by atoms with van der Waals surface area (Å²) >= 11 is 0. The summed E-state index contributed by atoms with van der Waals surface area (Å²) in [4.78, 5) is 10.8. The Kier molecular flexibility index (Phi) is 3.05. The molecular formula is C8H16NO3+. The first-order chi connectivity index (χ1) is 5.66. The number of esters is 1. The Balaban J connectivity index is 2.25. The largest absolute Gasteiger partial charge is 0.469 e. The van der Waals surface area contributed by atoms with E-state index in [1.54, 1.807) is 0 Å². The van der Waals surface area contributed by atoms with Gasteiger partial charge in [0.1, 0.15) is 13.2 Å². The third kappa shape index (κ3) is 2.46. The lowest BCUT2D eigenvalue weighted by Gasteiger charge is -2.26. The summed E-state index contributed by atoms with van der Waals surface area (Å²) in [6, 6.07) is 0. The number of quaternary nitrogens is 1. The highest BCUT2D eigenvalue weighted by Crippen LogP contribution is 2.10. The number of ether oxygens (including phenoxy) is 2. The molecule has 0 radical (unpaired) electrons. The van der Waals surface area contributed by atoms with E-state index in [4.69, 9.17) is 4.74 Å². The normalized spacial score (nSPS) is 28.8. The highest BCUT2D eigenvalue weighted by Gasteiger charge is 2.27. The van der Waals surface area contributed by atoms with Gasteiger partial charge in [-0.05, 0) is 0 Å². The quantitative estimate of drug-likeness (QED) is 0.445. The zero-order chi connectivity index (χ0) is 9.03. The highest BCUT2D eigenvalue weighted by molar-refractivity contribution is 5.69. The minimum Gasteiger partial charge on any atom is -0.469 e. The molecule has 70 valence electrons. The molecule has 0 amide bonds. The maximum Gasteiger partial charge on any atom is 0.311 e. The molecule has 0 saturated carbocycles. The molecule has 4 heteroatoms. The summed E-state index contributed by atoms with van der Waals surface area (Å²) in [5.41, 5.74) is 0. The molecule has 0 aliphatic carbocycles. The van der Waals surface area contributed by atoms with E-state index >= 15 is 0 Å². The van der Waals surface area contributed by atoms with Crippen LogP contribution in [-0.2, 0) is 14.3 Å². The van der Waals surface area contributed by atoms with Crippen LogP contribution in [0.15, 0.2) is 0 Å². The minimum absolute atomic E-state index is 0.138. The number of likely N-dealkylation sites (N-methyl/N-ethyl adjacent to an activating group) is 1. The summed E-state index contributed by atoms with van der Waals surface area (Å²) in [6.45, 7) is 3.33. The van der Waals surface area contributed by atoms with Gasteiger partial charge in [-0.2, -0.15) is 0 Å². The van der Waals surface area contributed by atoms with Gasteiger partial charge < -0.3 is 14.0 Å². The first-order valence-corrected chi connectivity index (χ1v) is 4.14. The van der Waals surface area contributed by atoms with Gasteiger partial charge in [-0.1, -0.05) is 0 Å². The van der Waals surface area contributed by atoms with Crippen molar-refractivity contribution in [3.63, 3.8) is 0 Å². The summed E-state index contributed by atoms with van der Waals surface area (Å²) in [5, 5.41) is 0. The zero-order valence-electron chi connectivity index (χ0n) is 7.71. The van der Waals surface area contributed by atoms with Gasteiger partial charge in [-0.25, -0.2) is 0 Å². The summed E-state index contributed by atoms with van der Waals surface area (Å²) < 4.78 is 10.6. The number of hydrogen-bond donors (Lipinski definition) is 0. The van der Waals surface area contributed by atoms with Crippen LogP contribution in [0, 0.1) is 0 Å².